The van der Waals surface area contributed by atoms with Crippen LogP contribution in [0.2, 0.25) is 0 Å². The fraction of sp³-hybridized carbons (Fsp3) is 0.471. The van der Waals surface area contributed by atoms with Crippen molar-refractivity contribution in [3.8, 4) is 0 Å². The van der Waals surface area contributed by atoms with Gasteiger partial charge < -0.3 is 5.32 Å². The van der Waals surface area contributed by atoms with Gasteiger partial charge in [-0.3, -0.25) is 14.5 Å². The van der Waals surface area contributed by atoms with Crippen molar-refractivity contribution in [1.82, 2.24) is 10.2 Å². The highest BCUT2D eigenvalue weighted by Gasteiger charge is 2.38. The first kappa shape index (κ1) is 16.2. The number of carbonyl (C=O) groups excluding carboxylic acids is 3. The Balaban J connectivity index is 2.04. The zero-order valence-electron chi connectivity index (χ0n) is 13.3. The molecule has 118 valence electrons. The molecule has 1 atom stereocenters. The molecule has 0 radical (unpaired) electrons. The normalized spacial score (nSPS) is 18.0. The Morgan fingerprint density at radius 3 is 2.41 bits per heavy atom. The first-order chi connectivity index (χ1) is 10.4. The standard InChI is InChI=1S/C17H22N2O3/c1-4-12-5-7-13(8-6-12)15(20)10-19-16(21)14(9-11(2)3)18-17(19)22/h5-8,11,14H,4,9-10H2,1-3H3,(H,18,22)/t14-/m0/s1. The van der Waals surface area contributed by atoms with Gasteiger partial charge in [-0.15, -0.1) is 0 Å². The van der Waals surface area contributed by atoms with E-state index in [9.17, 15) is 14.4 Å². The van der Waals surface area contributed by atoms with Crippen LogP contribution in [-0.2, 0) is 11.2 Å². The van der Waals surface area contributed by atoms with Gasteiger partial charge in [0.2, 0.25) is 0 Å². The Morgan fingerprint density at radius 2 is 1.86 bits per heavy atom. The van der Waals surface area contributed by atoms with Crippen LogP contribution in [0.3, 0.4) is 0 Å². The molecule has 1 aliphatic heterocycles. The van der Waals surface area contributed by atoms with Crippen LogP contribution in [0.5, 0.6) is 0 Å². The van der Waals surface area contributed by atoms with Crippen molar-refractivity contribution >= 4 is 17.7 Å². The number of rotatable bonds is 6. The maximum absolute atomic E-state index is 12.2. The third-order valence-electron chi connectivity index (χ3n) is 3.80. The number of ketones is 1. The maximum atomic E-state index is 12.2. The minimum Gasteiger partial charge on any atom is -0.326 e. The van der Waals surface area contributed by atoms with Crippen LogP contribution >= 0.6 is 0 Å². The van der Waals surface area contributed by atoms with E-state index in [0.29, 0.717) is 17.9 Å². The molecule has 1 aromatic carbocycles. The second-order valence-electron chi connectivity index (χ2n) is 6.03. The minimum absolute atomic E-state index is 0.204. The number of nitrogens with one attached hydrogen (secondary N) is 1. The molecule has 0 aromatic heterocycles. The Labute approximate surface area is 130 Å². The summed E-state index contributed by atoms with van der Waals surface area (Å²) >= 11 is 0. The third kappa shape index (κ3) is 3.53. The highest BCUT2D eigenvalue weighted by Crippen LogP contribution is 2.15. The summed E-state index contributed by atoms with van der Waals surface area (Å²) in [4.78, 5) is 37.4. The second kappa shape index (κ2) is 6.73. The molecule has 1 N–H and O–H groups in total. The van der Waals surface area contributed by atoms with Gasteiger partial charge in [-0.25, -0.2) is 4.79 Å². The van der Waals surface area contributed by atoms with Crippen LogP contribution < -0.4 is 5.32 Å². The van der Waals surface area contributed by atoms with E-state index in [1.54, 1.807) is 12.1 Å². The molecule has 0 saturated carbocycles. The van der Waals surface area contributed by atoms with Gasteiger partial charge in [0.25, 0.3) is 5.91 Å². The van der Waals surface area contributed by atoms with E-state index in [2.05, 4.69) is 5.32 Å². The number of hydrogen-bond acceptors (Lipinski definition) is 3. The fourth-order valence-corrected chi connectivity index (χ4v) is 2.52. The van der Waals surface area contributed by atoms with E-state index in [1.165, 1.54) is 0 Å². The van der Waals surface area contributed by atoms with Crippen molar-refractivity contribution in [2.24, 2.45) is 5.92 Å². The molecule has 0 spiro atoms. The minimum atomic E-state index is -0.511. The number of Topliss-reactive ketones (excluding diaryl/α,β-unsaturated/α-hetero) is 1. The SMILES string of the molecule is CCc1ccc(C(=O)CN2C(=O)N[C@@H](CC(C)C)C2=O)cc1. The molecule has 3 amide bonds. The van der Waals surface area contributed by atoms with Crippen molar-refractivity contribution in [2.75, 3.05) is 6.54 Å². The Morgan fingerprint density at radius 1 is 1.23 bits per heavy atom. The van der Waals surface area contributed by atoms with Gasteiger partial charge in [0.05, 0.1) is 6.54 Å². The second-order valence-corrected chi connectivity index (χ2v) is 6.03. The molecule has 1 heterocycles. The highest BCUT2D eigenvalue weighted by atomic mass is 16.2. The molecular weight excluding hydrogens is 280 g/mol. The summed E-state index contributed by atoms with van der Waals surface area (Å²) in [5.41, 5.74) is 1.66. The summed E-state index contributed by atoms with van der Waals surface area (Å²) in [6.45, 7) is 5.81. The van der Waals surface area contributed by atoms with Gasteiger partial charge in [-0.05, 0) is 24.3 Å². The molecule has 1 saturated heterocycles. The molecule has 0 bridgehead atoms. The van der Waals surface area contributed by atoms with Gasteiger partial charge >= 0.3 is 6.03 Å². The zero-order chi connectivity index (χ0) is 16.3. The topological polar surface area (TPSA) is 66.5 Å². The van der Waals surface area contributed by atoms with E-state index in [-0.39, 0.29) is 18.2 Å². The zero-order valence-corrected chi connectivity index (χ0v) is 13.3. The van der Waals surface area contributed by atoms with Crippen LogP contribution in [0.4, 0.5) is 4.79 Å². The van der Waals surface area contributed by atoms with Gasteiger partial charge in [0, 0.05) is 5.56 Å². The molecule has 0 unspecified atom stereocenters. The molecule has 1 aliphatic rings. The fourth-order valence-electron chi connectivity index (χ4n) is 2.52. The van der Waals surface area contributed by atoms with Gasteiger partial charge in [0.1, 0.15) is 6.04 Å². The first-order valence-electron chi connectivity index (χ1n) is 7.66. The molecule has 1 fully saturated rings. The first-order valence-corrected chi connectivity index (χ1v) is 7.66. The Hall–Kier alpha value is -2.17. The number of benzene rings is 1. The number of aryl methyl sites for hydroxylation is 1. The van der Waals surface area contributed by atoms with Crippen molar-refractivity contribution in [2.45, 2.75) is 39.7 Å². The van der Waals surface area contributed by atoms with Gasteiger partial charge in [-0.1, -0.05) is 45.0 Å². The van der Waals surface area contributed by atoms with Crippen LogP contribution in [0.25, 0.3) is 0 Å². The largest absolute Gasteiger partial charge is 0.326 e. The number of carbonyl (C=O) groups is 3. The molecule has 0 aliphatic carbocycles. The van der Waals surface area contributed by atoms with E-state index >= 15 is 0 Å². The smallest absolute Gasteiger partial charge is 0.325 e. The molecule has 5 nitrogen and oxygen atoms in total. The highest BCUT2D eigenvalue weighted by molar-refractivity contribution is 6.09. The summed E-state index contributed by atoms with van der Waals surface area (Å²) in [5, 5.41) is 2.65. The number of urea groups is 1. The van der Waals surface area contributed by atoms with Crippen LogP contribution in [0.1, 0.15) is 43.1 Å². The van der Waals surface area contributed by atoms with Crippen LogP contribution in [0, 0.1) is 5.92 Å². The summed E-state index contributed by atoms with van der Waals surface area (Å²) in [6.07, 6.45) is 1.48. The lowest BCUT2D eigenvalue weighted by atomic mass is 10.0. The molecule has 5 heteroatoms. The number of imide groups is 1. The Bertz CT molecular complexity index is 578. The van der Waals surface area contributed by atoms with Crippen LogP contribution in [-0.4, -0.2) is 35.2 Å². The van der Waals surface area contributed by atoms with E-state index in [4.69, 9.17) is 0 Å². The molecule has 22 heavy (non-hydrogen) atoms. The van der Waals surface area contributed by atoms with E-state index < -0.39 is 12.1 Å². The summed E-state index contributed by atoms with van der Waals surface area (Å²) in [7, 11) is 0. The van der Waals surface area contributed by atoms with Crippen molar-refractivity contribution in [3.05, 3.63) is 35.4 Å². The molecule has 2 rings (SSSR count). The number of amides is 3. The van der Waals surface area contributed by atoms with Gasteiger partial charge in [-0.2, -0.15) is 0 Å². The maximum Gasteiger partial charge on any atom is 0.325 e. The lowest BCUT2D eigenvalue weighted by Crippen LogP contribution is -2.36. The average molecular weight is 302 g/mol. The van der Waals surface area contributed by atoms with Gasteiger partial charge in [0.15, 0.2) is 5.78 Å². The lowest BCUT2D eigenvalue weighted by Gasteiger charge is -2.13. The quantitative estimate of drug-likeness (QED) is 0.648. The van der Waals surface area contributed by atoms with E-state index in [0.717, 1.165) is 16.9 Å². The third-order valence-corrected chi connectivity index (χ3v) is 3.80. The van der Waals surface area contributed by atoms with Crippen molar-refractivity contribution < 1.29 is 14.4 Å². The lowest BCUT2D eigenvalue weighted by molar-refractivity contribution is -0.127. The predicted octanol–water partition coefficient (Wildman–Crippen LogP) is 2.40. The van der Waals surface area contributed by atoms with Crippen molar-refractivity contribution in [1.29, 1.82) is 0 Å². The van der Waals surface area contributed by atoms with Crippen LogP contribution in [0.15, 0.2) is 24.3 Å². The van der Waals surface area contributed by atoms with E-state index in [1.807, 2.05) is 32.9 Å². The number of nitrogens with zero attached hydrogens (tertiary/aromatic N) is 1. The molecular formula is C17H22N2O3. The molecule has 1 aromatic rings. The summed E-state index contributed by atoms with van der Waals surface area (Å²) in [5.74, 6) is -0.236. The predicted molar refractivity (Wildman–Crippen MR) is 83.6 cm³/mol. The average Bonchev–Trinajstić information content (AvgIpc) is 2.74. The summed E-state index contributed by atoms with van der Waals surface area (Å²) in [6, 6.07) is 6.27. The monoisotopic (exact) mass is 302 g/mol. The Kier molecular flexibility index (Phi) is 4.96. The number of hydrogen-bond donors (Lipinski definition) is 1. The van der Waals surface area contributed by atoms with Crippen molar-refractivity contribution in [3.63, 3.8) is 0 Å². The summed E-state index contributed by atoms with van der Waals surface area (Å²) < 4.78 is 0.